The van der Waals surface area contributed by atoms with E-state index in [1.807, 2.05) is 28.7 Å². The van der Waals surface area contributed by atoms with Crippen LogP contribution in [0.4, 0.5) is 5.69 Å². The molecule has 0 unspecified atom stereocenters. The second-order valence-corrected chi connectivity index (χ2v) is 10.4. The van der Waals surface area contributed by atoms with Crippen LogP contribution in [0.25, 0.3) is 16.7 Å². The minimum Gasteiger partial charge on any atom is -0.495 e. The van der Waals surface area contributed by atoms with Gasteiger partial charge in [-0.05, 0) is 61.0 Å². The molecule has 1 N–H and O–H groups in total. The molecule has 5 aromatic rings. The first-order valence-electron chi connectivity index (χ1n) is 11.7. The molecule has 3 aromatic carbocycles. The Hall–Kier alpha value is -3.89. The third-order valence-corrected chi connectivity index (χ3v) is 7.39. The number of rotatable bonds is 9. The van der Waals surface area contributed by atoms with E-state index in [0.29, 0.717) is 23.0 Å². The largest absolute Gasteiger partial charge is 0.495 e. The van der Waals surface area contributed by atoms with Gasteiger partial charge in [0, 0.05) is 17.1 Å². The van der Waals surface area contributed by atoms with Crippen molar-refractivity contribution < 1.29 is 17.9 Å². The van der Waals surface area contributed by atoms with Gasteiger partial charge in [0.1, 0.15) is 22.2 Å². The fourth-order valence-electron chi connectivity index (χ4n) is 3.95. The summed E-state index contributed by atoms with van der Waals surface area (Å²) in [5.41, 5.74) is 2.52. The van der Waals surface area contributed by atoms with Crippen molar-refractivity contribution in [3.63, 3.8) is 0 Å². The molecule has 0 spiro atoms. The number of aryl methyl sites for hydroxylation is 1. The number of sulfonamides is 1. The molecule has 0 fully saturated rings. The van der Waals surface area contributed by atoms with E-state index in [4.69, 9.17) is 21.1 Å². The molecule has 0 aliphatic heterocycles. The van der Waals surface area contributed by atoms with E-state index < -0.39 is 10.0 Å². The van der Waals surface area contributed by atoms with Crippen LogP contribution in [-0.2, 0) is 16.4 Å². The Morgan fingerprint density at radius 2 is 1.81 bits per heavy atom. The van der Waals surface area contributed by atoms with Gasteiger partial charge in [0.2, 0.25) is 5.65 Å². The molecule has 0 aliphatic rings. The highest BCUT2D eigenvalue weighted by Gasteiger charge is 2.21. The first kappa shape index (κ1) is 24.8. The van der Waals surface area contributed by atoms with E-state index in [0.717, 1.165) is 36.1 Å². The van der Waals surface area contributed by atoms with E-state index in [9.17, 15) is 8.42 Å². The molecule has 0 atom stereocenters. The number of benzene rings is 3. The van der Waals surface area contributed by atoms with Crippen LogP contribution in [0.3, 0.4) is 0 Å². The number of ether oxygens (including phenoxy) is 2. The van der Waals surface area contributed by atoms with Crippen molar-refractivity contribution in [3.05, 3.63) is 77.6 Å². The molecule has 0 saturated heterocycles. The number of hydrogen-bond donors (Lipinski definition) is 1. The van der Waals surface area contributed by atoms with Crippen LogP contribution in [0.2, 0.25) is 5.02 Å². The quantitative estimate of drug-likeness (QED) is 0.250. The first-order valence-corrected chi connectivity index (χ1v) is 13.5. The topological polar surface area (TPSA) is 108 Å². The predicted molar refractivity (Wildman–Crippen MR) is 142 cm³/mol. The Morgan fingerprint density at radius 3 is 2.57 bits per heavy atom. The molecule has 0 bridgehead atoms. The van der Waals surface area contributed by atoms with Crippen LogP contribution >= 0.6 is 11.6 Å². The monoisotopic (exact) mass is 537 g/mol. The number of nitrogens with zero attached hydrogens (tertiary/aromatic N) is 4. The third kappa shape index (κ3) is 5.03. The van der Waals surface area contributed by atoms with Gasteiger partial charge in [-0.1, -0.05) is 37.1 Å². The van der Waals surface area contributed by atoms with Crippen molar-refractivity contribution in [3.8, 4) is 17.4 Å². The highest BCUT2D eigenvalue weighted by atomic mass is 35.5. The zero-order chi connectivity index (χ0) is 26.0. The first-order chi connectivity index (χ1) is 17.9. The Balaban J connectivity index is 1.43. The standard InChI is InChI=1S/C26H24ClN5O4S/c1-3-4-9-24-29-30-25-26(28-20-7-5-6-8-21(20)32(24)25)36-19-13-11-18(12-14-19)31-37(33,34)23-16-17(27)10-15-22(23)35-2/h5-8,10-16,31H,3-4,9H2,1-2H3. The van der Waals surface area contributed by atoms with Gasteiger partial charge >= 0.3 is 0 Å². The maximum atomic E-state index is 12.9. The number of nitrogens with one attached hydrogen (secondary N) is 1. The predicted octanol–water partition coefficient (Wildman–Crippen LogP) is 5.88. The lowest BCUT2D eigenvalue weighted by atomic mass is 10.2. The van der Waals surface area contributed by atoms with Crippen molar-refractivity contribution in [2.75, 3.05) is 11.8 Å². The fraction of sp³-hybridized carbons (Fsp3) is 0.192. The van der Waals surface area contributed by atoms with Crippen molar-refractivity contribution in [2.45, 2.75) is 31.1 Å². The summed E-state index contributed by atoms with van der Waals surface area (Å²) in [6.45, 7) is 2.13. The number of anilines is 1. The second kappa shape index (κ2) is 10.2. The van der Waals surface area contributed by atoms with E-state index in [-0.39, 0.29) is 15.7 Å². The Kier molecular flexibility index (Phi) is 6.86. The summed E-state index contributed by atoms with van der Waals surface area (Å²) < 4.78 is 41.7. The highest BCUT2D eigenvalue weighted by molar-refractivity contribution is 7.92. The lowest BCUT2D eigenvalue weighted by Crippen LogP contribution is -2.14. The van der Waals surface area contributed by atoms with Crippen LogP contribution < -0.4 is 14.2 Å². The number of hydrogen-bond acceptors (Lipinski definition) is 7. The van der Waals surface area contributed by atoms with Gasteiger partial charge in [0.25, 0.3) is 15.9 Å². The summed E-state index contributed by atoms with van der Waals surface area (Å²) in [7, 11) is -2.55. The number of aromatic nitrogens is 4. The molecule has 2 heterocycles. The van der Waals surface area contributed by atoms with Crippen LogP contribution in [0.5, 0.6) is 17.4 Å². The minimum absolute atomic E-state index is 0.0590. The molecule has 0 radical (unpaired) electrons. The number of unbranched alkanes of at least 4 members (excludes halogenated alkanes) is 1. The Labute approximate surface area is 219 Å². The van der Waals surface area contributed by atoms with Crippen molar-refractivity contribution >= 4 is 44.0 Å². The van der Waals surface area contributed by atoms with Gasteiger partial charge in [0.05, 0.1) is 18.1 Å². The number of methoxy groups -OCH3 is 1. The van der Waals surface area contributed by atoms with Crippen molar-refractivity contribution in [1.29, 1.82) is 0 Å². The van der Waals surface area contributed by atoms with Gasteiger partial charge in [-0.3, -0.25) is 9.12 Å². The van der Waals surface area contributed by atoms with Gasteiger partial charge < -0.3 is 9.47 Å². The minimum atomic E-state index is -3.94. The normalized spacial score (nSPS) is 11.6. The van der Waals surface area contributed by atoms with E-state index in [2.05, 4.69) is 26.8 Å². The molecule has 5 rings (SSSR count). The fourth-order valence-corrected chi connectivity index (χ4v) is 5.45. The summed E-state index contributed by atoms with van der Waals surface area (Å²) in [5, 5.41) is 9.02. The van der Waals surface area contributed by atoms with Gasteiger partial charge in [-0.25, -0.2) is 13.4 Å². The Bertz CT molecular complexity index is 1690. The van der Waals surface area contributed by atoms with Gasteiger partial charge in [0.15, 0.2) is 0 Å². The average molecular weight is 538 g/mol. The van der Waals surface area contributed by atoms with Gasteiger partial charge in [-0.15, -0.1) is 10.2 Å². The summed E-state index contributed by atoms with van der Waals surface area (Å²) in [6.07, 6.45) is 2.82. The lowest BCUT2D eigenvalue weighted by Gasteiger charge is -2.13. The SMILES string of the molecule is CCCCc1nnc2c(Oc3ccc(NS(=O)(=O)c4cc(Cl)ccc4OC)cc3)nc3ccccc3n12. The van der Waals surface area contributed by atoms with Crippen LogP contribution in [0, 0.1) is 0 Å². The van der Waals surface area contributed by atoms with Crippen LogP contribution in [0.1, 0.15) is 25.6 Å². The molecule has 9 nitrogen and oxygen atoms in total. The average Bonchev–Trinajstić information content (AvgIpc) is 3.33. The number of para-hydroxylation sites is 2. The molecular formula is C26H24ClN5O4S. The summed E-state index contributed by atoms with van der Waals surface area (Å²) in [4.78, 5) is 4.60. The molecule has 11 heteroatoms. The number of halogens is 1. The van der Waals surface area contributed by atoms with E-state index in [1.54, 1.807) is 30.3 Å². The van der Waals surface area contributed by atoms with E-state index in [1.165, 1.54) is 19.2 Å². The molecule has 190 valence electrons. The maximum Gasteiger partial charge on any atom is 0.266 e. The van der Waals surface area contributed by atoms with Crippen LogP contribution in [0.15, 0.2) is 71.6 Å². The molecule has 37 heavy (non-hydrogen) atoms. The maximum absolute atomic E-state index is 12.9. The zero-order valence-corrected chi connectivity index (χ0v) is 21.8. The van der Waals surface area contributed by atoms with Crippen molar-refractivity contribution in [1.82, 2.24) is 19.6 Å². The third-order valence-electron chi connectivity index (χ3n) is 5.76. The second-order valence-electron chi connectivity index (χ2n) is 8.31. The lowest BCUT2D eigenvalue weighted by molar-refractivity contribution is 0.403. The number of fused-ring (bicyclic) bond motifs is 3. The zero-order valence-electron chi connectivity index (χ0n) is 20.2. The van der Waals surface area contributed by atoms with E-state index >= 15 is 0 Å². The molecule has 0 saturated carbocycles. The van der Waals surface area contributed by atoms with Gasteiger partial charge in [-0.2, -0.15) is 0 Å². The highest BCUT2D eigenvalue weighted by Crippen LogP contribution is 2.31. The Morgan fingerprint density at radius 1 is 1.03 bits per heavy atom. The molecule has 0 amide bonds. The van der Waals surface area contributed by atoms with Crippen molar-refractivity contribution in [2.24, 2.45) is 0 Å². The summed E-state index contributed by atoms with van der Waals surface area (Å²) >= 11 is 6.00. The molecular weight excluding hydrogens is 514 g/mol. The summed E-state index contributed by atoms with van der Waals surface area (Å²) in [6, 6.07) is 18.6. The molecule has 0 aliphatic carbocycles. The summed E-state index contributed by atoms with van der Waals surface area (Å²) in [5.74, 6) is 1.81. The molecule has 2 aromatic heterocycles. The smallest absolute Gasteiger partial charge is 0.266 e. The van der Waals surface area contributed by atoms with Crippen LogP contribution in [-0.4, -0.2) is 35.1 Å².